The van der Waals surface area contributed by atoms with E-state index in [0.717, 1.165) is 12.8 Å². The molecule has 0 unspecified atom stereocenters. The molecular formula is C17H19Br. The molecule has 18 heavy (non-hydrogen) atoms. The highest BCUT2D eigenvalue weighted by atomic mass is 79.9. The highest BCUT2D eigenvalue weighted by Crippen LogP contribution is 2.18. The summed E-state index contributed by atoms with van der Waals surface area (Å²) < 4.78 is 1.22. The van der Waals surface area contributed by atoms with Crippen LogP contribution in [0.2, 0.25) is 0 Å². The molecular weight excluding hydrogens is 284 g/mol. The molecule has 0 saturated heterocycles. The molecule has 2 aromatic carbocycles. The van der Waals surface area contributed by atoms with Gasteiger partial charge < -0.3 is 0 Å². The van der Waals surface area contributed by atoms with Crippen LogP contribution in [-0.4, -0.2) is 0 Å². The van der Waals surface area contributed by atoms with E-state index in [1.807, 2.05) is 0 Å². The summed E-state index contributed by atoms with van der Waals surface area (Å²) in [6.45, 7) is 2.22. The third-order valence-corrected chi connectivity index (χ3v) is 3.98. The van der Waals surface area contributed by atoms with Crippen molar-refractivity contribution in [2.24, 2.45) is 0 Å². The van der Waals surface area contributed by atoms with Crippen LogP contribution in [-0.2, 0) is 19.3 Å². The number of halogens is 1. The molecule has 94 valence electrons. The maximum atomic E-state index is 3.60. The predicted molar refractivity (Wildman–Crippen MR) is 82.0 cm³/mol. The Labute approximate surface area is 118 Å². The zero-order valence-electron chi connectivity index (χ0n) is 10.8. The van der Waals surface area contributed by atoms with Crippen LogP contribution < -0.4 is 0 Å². The summed E-state index contributed by atoms with van der Waals surface area (Å²) in [4.78, 5) is 0. The fourth-order valence-electron chi connectivity index (χ4n) is 2.14. The minimum atomic E-state index is 1.09. The molecule has 0 aliphatic heterocycles. The molecule has 0 saturated carbocycles. The van der Waals surface area contributed by atoms with Crippen molar-refractivity contribution in [2.45, 2.75) is 32.6 Å². The van der Waals surface area contributed by atoms with Gasteiger partial charge in [-0.3, -0.25) is 0 Å². The van der Waals surface area contributed by atoms with E-state index >= 15 is 0 Å². The van der Waals surface area contributed by atoms with Gasteiger partial charge in [-0.2, -0.15) is 0 Å². The van der Waals surface area contributed by atoms with E-state index in [-0.39, 0.29) is 0 Å². The normalized spacial score (nSPS) is 10.6. The van der Waals surface area contributed by atoms with Gasteiger partial charge in [0.15, 0.2) is 0 Å². The Bertz CT molecular complexity index is 485. The maximum absolute atomic E-state index is 3.60. The molecule has 0 aromatic heterocycles. The largest absolute Gasteiger partial charge is 0.0651 e. The zero-order valence-corrected chi connectivity index (χ0v) is 12.4. The van der Waals surface area contributed by atoms with Crippen LogP contribution in [0, 0.1) is 0 Å². The number of hydrogen-bond donors (Lipinski definition) is 0. The van der Waals surface area contributed by atoms with Gasteiger partial charge in [-0.05, 0) is 42.0 Å². The van der Waals surface area contributed by atoms with Crippen molar-refractivity contribution in [3.05, 3.63) is 69.7 Å². The van der Waals surface area contributed by atoms with E-state index < -0.39 is 0 Å². The molecule has 0 heterocycles. The second-order valence-electron chi connectivity index (χ2n) is 4.66. The van der Waals surface area contributed by atoms with E-state index in [4.69, 9.17) is 0 Å². The Morgan fingerprint density at radius 2 is 1.39 bits per heavy atom. The third-order valence-electron chi connectivity index (χ3n) is 3.20. The molecule has 2 aromatic rings. The van der Waals surface area contributed by atoms with Crippen LogP contribution in [0.25, 0.3) is 0 Å². The summed E-state index contributed by atoms with van der Waals surface area (Å²) in [5.74, 6) is 0. The average Bonchev–Trinajstić information content (AvgIpc) is 2.40. The van der Waals surface area contributed by atoms with Crippen molar-refractivity contribution in [3.63, 3.8) is 0 Å². The van der Waals surface area contributed by atoms with E-state index in [0.29, 0.717) is 0 Å². The molecule has 0 radical (unpaired) electrons. The number of hydrogen-bond acceptors (Lipinski definition) is 0. The Hall–Kier alpha value is -1.08. The fourth-order valence-corrected chi connectivity index (χ4v) is 2.62. The van der Waals surface area contributed by atoms with E-state index in [9.17, 15) is 0 Å². The van der Waals surface area contributed by atoms with E-state index in [1.165, 1.54) is 34.0 Å². The molecule has 1 heteroatoms. The van der Waals surface area contributed by atoms with Gasteiger partial charge in [0.2, 0.25) is 0 Å². The van der Waals surface area contributed by atoms with Gasteiger partial charge in [0.1, 0.15) is 0 Å². The van der Waals surface area contributed by atoms with Crippen LogP contribution >= 0.6 is 15.9 Å². The summed E-state index contributed by atoms with van der Waals surface area (Å²) in [6.07, 6.45) is 4.60. The van der Waals surface area contributed by atoms with Crippen molar-refractivity contribution in [3.8, 4) is 0 Å². The SMILES string of the molecule is CCCc1ccc(CCc2ccccc2Br)cc1. The zero-order chi connectivity index (χ0) is 12.8. The number of aryl methyl sites for hydroxylation is 3. The first-order valence-corrected chi connectivity index (χ1v) is 7.40. The van der Waals surface area contributed by atoms with Gasteiger partial charge in [0, 0.05) is 4.47 Å². The van der Waals surface area contributed by atoms with Crippen LogP contribution in [0.5, 0.6) is 0 Å². The second kappa shape index (κ2) is 6.75. The minimum Gasteiger partial charge on any atom is -0.0651 e. The predicted octanol–water partition coefficient (Wildman–Crippen LogP) is 5.19. The third kappa shape index (κ3) is 3.71. The summed E-state index contributed by atoms with van der Waals surface area (Å²) in [5.41, 5.74) is 4.25. The maximum Gasteiger partial charge on any atom is 0.0207 e. The number of benzene rings is 2. The fraction of sp³-hybridized carbons (Fsp3) is 0.294. The van der Waals surface area contributed by atoms with Crippen LogP contribution in [0.4, 0.5) is 0 Å². The first-order valence-electron chi connectivity index (χ1n) is 6.61. The van der Waals surface area contributed by atoms with Gasteiger partial charge in [0.25, 0.3) is 0 Å². The molecule has 0 amide bonds. The lowest BCUT2D eigenvalue weighted by molar-refractivity contribution is 0.913. The van der Waals surface area contributed by atoms with Gasteiger partial charge >= 0.3 is 0 Å². The molecule has 0 bridgehead atoms. The van der Waals surface area contributed by atoms with Crippen molar-refractivity contribution in [1.82, 2.24) is 0 Å². The first kappa shape index (κ1) is 13.4. The first-order chi connectivity index (χ1) is 8.79. The number of rotatable bonds is 5. The monoisotopic (exact) mass is 302 g/mol. The lowest BCUT2D eigenvalue weighted by atomic mass is 10.0. The molecule has 0 fully saturated rings. The molecule has 0 aliphatic rings. The van der Waals surface area contributed by atoms with Crippen LogP contribution in [0.15, 0.2) is 53.0 Å². The lowest BCUT2D eigenvalue weighted by Gasteiger charge is -2.05. The molecule has 0 atom stereocenters. The molecule has 0 aliphatic carbocycles. The standard InChI is InChI=1S/C17H19Br/c1-2-5-14-8-10-15(11-9-14)12-13-16-6-3-4-7-17(16)18/h3-4,6-11H,2,5,12-13H2,1H3. The van der Waals surface area contributed by atoms with E-state index in [1.54, 1.807) is 0 Å². The smallest absolute Gasteiger partial charge is 0.0207 e. The van der Waals surface area contributed by atoms with Crippen molar-refractivity contribution < 1.29 is 0 Å². The highest BCUT2D eigenvalue weighted by molar-refractivity contribution is 9.10. The summed E-state index contributed by atoms with van der Waals surface area (Å²) >= 11 is 3.60. The van der Waals surface area contributed by atoms with Crippen LogP contribution in [0.1, 0.15) is 30.0 Å². The van der Waals surface area contributed by atoms with Crippen molar-refractivity contribution >= 4 is 15.9 Å². The summed E-state index contributed by atoms with van der Waals surface area (Å²) in [5, 5.41) is 0. The summed E-state index contributed by atoms with van der Waals surface area (Å²) in [6, 6.07) is 17.5. The Kier molecular flexibility index (Phi) is 5.00. The Morgan fingerprint density at radius 3 is 2.00 bits per heavy atom. The summed E-state index contributed by atoms with van der Waals surface area (Å²) in [7, 11) is 0. The van der Waals surface area contributed by atoms with Gasteiger partial charge in [-0.15, -0.1) is 0 Å². The molecule has 0 spiro atoms. The Morgan fingerprint density at radius 1 is 0.778 bits per heavy atom. The Balaban J connectivity index is 1.96. The molecule has 0 N–H and O–H groups in total. The lowest BCUT2D eigenvalue weighted by Crippen LogP contribution is -1.93. The van der Waals surface area contributed by atoms with Crippen molar-refractivity contribution in [1.29, 1.82) is 0 Å². The molecule has 0 nitrogen and oxygen atoms in total. The van der Waals surface area contributed by atoms with Gasteiger partial charge in [-0.1, -0.05) is 71.7 Å². The second-order valence-corrected chi connectivity index (χ2v) is 5.51. The highest BCUT2D eigenvalue weighted by Gasteiger charge is 2.00. The van der Waals surface area contributed by atoms with Crippen molar-refractivity contribution in [2.75, 3.05) is 0 Å². The van der Waals surface area contributed by atoms with Crippen LogP contribution in [0.3, 0.4) is 0 Å². The van der Waals surface area contributed by atoms with E-state index in [2.05, 4.69) is 71.4 Å². The minimum absolute atomic E-state index is 1.09. The quantitative estimate of drug-likeness (QED) is 0.713. The van der Waals surface area contributed by atoms with Gasteiger partial charge in [-0.25, -0.2) is 0 Å². The topological polar surface area (TPSA) is 0 Å². The average molecular weight is 303 g/mol. The molecule has 2 rings (SSSR count). The van der Waals surface area contributed by atoms with Gasteiger partial charge in [0.05, 0.1) is 0 Å².